The average Bonchev–Trinajstić information content (AvgIpc) is 2.54. The first-order valence-corrected chi connectivity index (χ1v) is 9.87. The molecule has 1 aliphatic rings. The molecule has 0 aliphatic carbocycles. The number of methoxy groups -OCH3 is 1. The van der Waals surface area contributed by atoms with Crippen LogP contribution in [0.5, 0.6) is 5.75 Å². The Morgan fingerprint density at radius 2 is 2.04 bits per heavy atom. The first kappa shape index (κ1) is 18.3. The average molecular weight is 336 g/mol. The summed E-state index contributed by atoms with van der Waals surface area (Å²) < 4.78 is 5.41. The van der Waals surface area contributed by atoms with E-state index in [1.807, 2.05) is 37.7 Å². The van der Waals surface area contributed by atoms with Crippen LogP contribution in [-0.2, 0) is 0 Å². The molecule has 2 rings (SSSR count). The monoisotopic (exact) mass is 335 g/mol. The second kappa shape index (κ2) is 8.74. The second-order valence-corrected chi connectivity index (χ2v) is 7.48. The predicted molar refractivity (Wildman–Crippen MR) is 99.0 cm³/mol. The second-order valence-electron chi connectivity index (χ2n) is 6.49. The molecule has 1 saturated heterocycles. The molecule has 0 N–H and O–H groups in total. The summed E-state index contributed by atoms with van der Waals surface area (Å²) in [6.07, 6.45) is 5.51. The number of thioether (sulfide) groups is 1. The summed E-state index contributed by atoms with van der Waals surface area (Å²) in [4.78, 5) is 15.4. The summed E-state index contributed by atoms with van der Waals surface area (Å²) in [6, 6.07) is 3.97. The number of likely N-dealkylation sites (tertiary alicyclic amines) is 1. The van der Waals surface area contributed by atoms with Crippen LogP contribution in [0.4, 0.5) is 0 Å². The quantitative estimate of drug-likeness (QED) is 0.557. The van der Waals surface area contributed by atoms with Gasteiger partial charge in [-0.15, -0.1) is 0 Å². The largest absolute Gasteiger partial charge is 0.496 e. The standard InChI is InChI=1S/C19H29NO2S/c1-14-11-17(12-15(2)19(14)22-3)18(21)16-7-5-8-20(13-16)9-6-10-23-4/h11-12,16H,5-10,13H2,1-4H3/t16-/m0/s1. The number of ketones is 1. The number of hydrogen-bond donors (Lipinski definition) is 0. The van der Waals surface area contributed by atoms with Gasteiger partial charge >= 0.3 is 0 Å². The predicted octanol–water partition coefficient (Wildman–Crippen LogP) is 3.96. The summed E-state index contributed by atoms with van der Waals surface area (Å²) in [6.45, 7) is 7.19. The van der Waals surface area contributed by atoms with Crippen LogP contribution >= 0.6 is 11.8 Å². The van der Waals surface area contributed by atoms with Crippen LogP contribution in [0.3, 0.4) is 0 Å². The molecule has 1 aromatic carbocycles. The van der Waals surface area contributed by atoms with E-state index >= 15 is 0 Å². The number of carbonyl (C=O) groups is 1. The van der Waals surface area contributed by atoms with Gasteiger partial charge in [0, 0.05) is 18.0 Å². The van der Waals surface area contributed by atoms with Crippen molar-refractivity contribution < 1.29 is 9.53 Å². The van der Waals surface area contributed by atoms with E-state index in [4.69, 9.17) is 4.74 Å². The number of aryl methyl sites for hydroxylation is 2. The number of carbonyl (C=O) groups excluding carboxylic acids is 1. The number of hydrogen-bond acceptors (Lipinski definition) is 4. The first-order chi connectivity index (χ1) is 11.1. The van der Waals surface area contributed by atoms with Gasteiger partial charge in [0.15, 0.2) is 5.78 Å². The van der Waals surface area contributed by atoms with Crippen molar-refractivity contribution >= 4 is 17.5 Å². The summed E-state index contributed by atoms with van der Waals surface area (Å²) in [5.41, 5.74) is 2.93. The van der Waals surface area contributed by atoms with Crippen LogP contribution in [0, 0.1) is 19.8 Å². The Labute approximate surface area is 144 Å². The number of benzene rings is 1. The zero-order chi connectivity index (χ0) is 16.8. The van der Waals surface area contributed by atoms with E-state index < -0.39 is 0 Å². The molecule has 0 aromatic heterocycles. The van der Waals surface area contributed by atoms with Gasteiger partial charge in [0.25, 0.3) is 0 Å². The van der Waals surface area contributed by atoms with Crippen LogP contribution in [0.15, 0.2) is 12.1 Å². The number of nitrogens with zero attached hydrogens (tertiary/aromatic N) is 1. The SMILES string of the molecule is COc1c(C)cc(C(=O)[C@H]2CCCN(CCCSC)C2)cc1C. The molecule has 23 heavy (non-hydrogen) atoms. The van der Waals surface area contributed by atoms with Crippen LogP contribution in [0.1, 0.15) is 40.7 Å². The Bertz CT molecular complexity index is 521. The van der Waals surface area contributed by atoms with Crippen molar-refractivity contribution in [3.8, 4) is 5.75 Å². The molecule has 128 valence electrons. The fourth-order valence-corrected chi connectivity index (χ4v) is 3.97. The van der Waals surface area contributed by atoms with Gasteiger partial charge in [0.1, 0.15) is 5.75 Å². The van der Waals surface area contributed by atoms with Crippen molar-refractivity contribution in [1.82, 2.24) is 4.90 Å². The highest BCUT2D eigenvalue weighted by Gasteiger charge is 2.27. The minimum Gasteiger partial charge on any atom is -0.496 e. The van der Waals surface area contributed by atoms with Gasteiger partial charge < -0.3 is 9.64 Å². The molecule has 1 aliphatic heterocycles. The molecule has 1 fully saturated rings. The Morgan fingerprint density at radius 1 is 1.35 bits per heavy atom. The van der Waals surface area contributed by atoms with Gasteiger partial charge in [-0.1, -0.05) is 0 Å². The molecule has 0 unspecified atom stereocenters. The third kappa shape index (κ3) is 4.74. The molecule has 4 heteroatoms. The molecule has 1 atom stereocenters. The van der Waals surface area contributed by atoms with Gasteiger partial charge in [-0.05, 0) is 81.5 Å². The minimum absolute atomic E-state index is 0.144. The Balaban J connectivity index is 2.05. The number of rotatable bonds is 7. The summed E-state index contributed by atoms with van der Waals surface area (Å²) in [5, 5.41) is 0. The van der Waals surface area contributed by atoms with E-state index in [2.05, 4.69) is 11.2 Å². The zero-order valence-corrected chi connectivity index (χ0v) is 15.7. The number of ether oxygens (including phenoxy) is 1. The molecule has 0 radical (unpaired) electrons. The fourth-order valence-electron chi connectivity index (χ4n) is 3.56. The lowest BCUT2D eigenvalue weighted by molar-refractivity contribution is 0.0820. The zero-order valence-electron chi connectivity index (χ0n) is 14.9. The van der Waals surface area contributed by atoms with Crippen LogP contribution in [0.25, 0.3) is 0 Å². The highest BCUT2D eigenvalue weighted by Crippen LogP contribution is 2.27. The van der Waals surface area contributed by atoms with E-state index in [1.165, 1.54) is 12.2 Å². The third-order valence-electron chi connectivity index (χ3n) is 4.65. The lowest BCUT2D eigenvalue weighted by Crippen LogP contribution is -2.39. The van der Waals surface area contributed by atoms with Crippen molar-refractivity contribution in [1.29, 1.82) is 0 Å². The Kier molecular flexibility index (Phi) is 6.97. The molecule has 1 aromatic rings. The van der Waals surface area contributed by atoms with E-state index in [0.29, 0.717) is 5.78 Å². The topological polar surface area (TPSA) is 29.5 Å². The first-order valence-electron chi connectivity index (χ1n) is 8.47. The molecular weight excluding hydrogens is 306 g/mol. The highest BCUT2D eigenvalue weighted by atomic mass is 32.2. The van der Waals surface area contributed by atoms with E-state index in [1.54, 1.807) is 7.11 Å². The van der Waals surface area contributed by atoms with Crippen molar-refractivity contribution in [3.63, 3.8) is 0 Å². The smallest absolute Gasteiger partial charge is 0.167 e. The molecule has 1 heterocycles. The van der Waals surface area contributed by atoms with Gasteiger partial charge in [0.05, 0.1) is 7.11 Å². The van der Waals surface area contributed by atoms with Gasteiger partial charge in [-0.3, -0.25) is 4.79 Å². The minimum atomic E-state index is 0.144. The van der Waals surface area contributed by atoms with Crippen molar-refractivity contribution in [2.24, 2.45) is 5.92 Å². The fraction of sp³-hybridized carbons (Fsp3) is 0.632. The van der Waals surface area contributed by atoms with Crippen molar-refractivity contribution in [2.45, 2.75) is 33.1 Å². The van der Waals surface area contributed by atoms with Gasteiger partial charge in [-0.2, -0.15) is 11.8 Å². The Hall–Kier alpha value is -1.00. The number of piperidine rings is 1. The molecule has 0 spiro atoms. The van der Waals surface area contributed by atoms with E-state index in [0.717, 1.165) is 54.9 Å². The Morgan fingerprint density at radius 3 is 2.65 bits per heavy atom. The summed E-state index contributed by atoms with van der Waals surface area (Å²) in [5.74, 6) is 2.54. The third-order valence-corrected chi connectivity index (χ3v) is 5.35. The lowest BCUT2D eigenvalue weighted by Gasteiger charge is -2.32. The van der Waals surface area contributed by atoms with Crippen LogP contribution in [-0.4, -0.2) is 49.4 Å². The van der Waals surface area contributed by atoms with E-state index in [-0.39, 0.29) is 5.92 Å². The molecule has 0 amide bonds. The molecule has 3 nitrogen and oxygen atoms in total. The van der Waals surface area contributed by atoms with Crippen molar-refractivity contribution in [3.05, 3.63) is 28.8 Å². The maximum Gasteiger partial charge on any atom is 0.167 e. The summed E-state index contributed by atoms with van der Waals surface area (Å²) >= 11 is 1.90. The summed E-state index contributed by atoms with van der Waals surface area (Å²) in [7, 11) is 1.68. The maximum atomic E-state index is 12.9. The van der Waals surface area contributed by atoms with Gasteiger partial charge in [0.2, 0.25) is 0 Å². The molecule has 0 saturated carbocycles. The van der Waals surface area contributed by atoms with Gasteiger partial charge in [-0.25, -0.2) is 0 Å². The van der Waals surface area contributed by atoms with Crippen molar-refractivity contribution in [2.75, 3.05) is 38.8 Å². The molecular formula is C19H29NO2S. The lowest BCUT2D eigenvalue weighted by atomic mass is 9.88. The normalized spacial score (nSPS) is 18.9. The van der Waals surface area contributed by atoms with Crippen LogP contribution < -0.4 is 4.74 Å². The number of Topliss-reactive ketones (excluding diaryl/α,β-unsaturated/α-hetero) is 1. The molecule has 0 bridgehead atoms. The van der Waals surface area contributed by atoms with Crippen LogP contribution in [0.2, 0.25) is 0 Å². The maximum absolute atomic E-state index is 12.9. The highest BCUT2D eigenvalue weighted by molar-refractivity contribution is 7.98. The van der Waals surface area contributed by atoms with E-state index in [9.17, 15) is 4.79 Å².